The summed E-state index contributed by atoms with van der Waals surface area (Å²) in [4.78, 5) is 12.8. The van der Waals surface area contributed by atoms with Crippen LogP contribution in [0.15, 0.2) is 60.7 Å². The lowest BCUT2D eigenvalue weighted by molar-refractivity contribution is 0.102. The number of benzene rings is 3. The SMILES string of the molecule is CCOc1ccc2ccccc2c1C(=O)Nc1ccc(C)cc1. The molecule has 0 saturated heterocycles. The van der Waals surface area contributed by atoms with E-state index in [0.717, 1.165) is 22.0 Å². The minimum atomic E-state index is -0.158. The number of rotatable bonds is 4. The number of nitrogens with one attached hydrogen (secondary N) is 1. The second kappa shape index (κ2) is 6.53. The van der Waals surface area contributed by atoms with Crippen LogP contribution in [0.2, 0.25) is 0 Å². The highest BCUT2D eigenvalue weighted by Crippen LogP contribution is 2.29. The largest absolute Gasteiger partial charge is 0.493 e. The summed E-state index contributed by atoms with van der Waals surface area (Å²) in [7, 11) is 0. The molecular formula is C20H19NO2. The molecule has 0 bridgehead atoms. The first-order valence-electron chi connectivity index (χ1n) is 7.71. The van der Waals surface area contributed by atoms with Crippen molar-refractivity contribution in [2.45, 2.75) is 13.8 Å². The quantitative estimate of drug-likeness (QED) is 0.752. The van der Waals surface area contributed by atoms with Crippen molar-refractivity contribution in [1.29, 1.82) is 0 Å². The molecule has 0 atom stereocenters. The lowest BCUT2D eigenvalue weighted by Crippen LogP contribution is -2.14. The van der Waals surface area contributed by atoms with E-state index in [1.54, 1.807) is 0 Å². The number of aryl methyl sites for hydroxylation is 1. The van der Waals surface area contributed by atoms with Gasteiger partial charge in [-0.05, 0) is 42.8 Å². The topological polar surface area (TPSA) is 38.3 Å². The third-order valence-electron chi connectivity index (χ3n) is 3.73. The number of carbonyl (C=O) groups is 1. The molecule has 3 rings (SSSR count). The van der Waals surface area contributed by atoms with E-state index in [9.17, 15) is 4.79 Å². The van der Waals surface area contributed by atoms with Crippen LogP contribution in [0.5, 0.6) is 5.75 Å². The highest BCUT2D eigenvalue weighted by Gasteiger charge is 2.16. The van der Waals surface area contributed by atoms with E-state index in [1.165, 1.54) is 0 Å². The van der Waals surface area contributed by atoms with Gasteiger partial charge < -0.3 is 10.1 Å². The van der Waals surface area contributed by atoms with E-state index in [0.29, 0.717) is 17.9 Å². The van der Waals surface area contributed by atoms with Crippen LogP contribution in [0.4, 0.5) is 5.69 Å². The number of fused-ring (bicyclic) bond motifs is 1. The van der Waals surface area contributed by atoms with Gasteiger partial charge in [-0.25, -0.2) is 0 Å². The normalized spacial score (nSPS) is 10.5. The Hall–Kier alpha value is -2.81. The monoisotopic (exact) mass is 305 g/mol. The van der Waals surface area contributed by atoms with Crippen molar-refractivity contribution in [3.05, 3.63) is 71.8 Å². The first-order chi connectivity index (χ1) is 11.2. The van der Waals surface area contributed by atoms with Crippen LogP contribution in [0, 0.1) is 6.92 Å². The van der Waals surface area contributed by atoms with Crippen molar-refractivity contribution in [2.75, 3.05) is 11.9 Å². The van der Waals surface area contributed by atoms with Gasteiger partial charge >= 0.3 is 0 Å². The molecule has 3 heteroatoms. The molecule has 0 aliphatic heterocycles. The zero-order chi connectivity index (χ0) is 16.2. The molecule has 3 aromatic carbocycles. The smallest absolute Gasteiger partial charge is 0.260 e. The maximum Gasteiger partial charge on any atom is 0.260 e. The average Bonchev–Trinajstić information content (AvgIpc) is 2.57. The summed E-state index contributed by atoms with van der Waals surface area (Å²) in [5.74, 6) is 0.449. The van der Waals surface area contributed by atoms with Gasteiger partial charge in [0, 0.05) is 5.69 Å². The molecule has 1 amide bonds. The van der Waals surface area contributed by atoms with Crippen molar-refractivity contribution in [2.24, 2.45) is 0 Å². The molecule has 0 aliphatic rings. The fourth-order valence-electron chi connectivity index (χ4n) is 2.59. The molecule has 0 aliphatic carbocycles. The van der Waals surface area contributed by atoms with Crippen LogP contribution < -0.4 is 10.1 Å². The molecular weight excluding hydrogens is 286 g/mol. The average molecular weight is 305 g/mol. The Labute approximate surface area is 135 Å². The van der Waals surface area contributed by atoms with Gasteiger partial charge in [0.15, 0.2) is 0 Å². The molecule has 0 fully saturated rings. The predicted octanol–water partition coefficient (Wildman–Crippen LogP) is 4.80. The number of hydrogen-bond donors (Lipinski definition) is 1. The molecule has 1 N–H and O–H groups in total. The van der Waals surface area contributed by atoms with Gasteiger partial charge in [-0.15, -0.1) is 0 Å². The lowest BCUT2D eigenvalue weighted by Gasteiger charge is -2.13. The standard InChI is InChI=1S/C20H19NO2/c1-3-23-18-13-10-15-6-4-5-7-17(15)19(18)20(22)21-16-11-8-14(2)9-12-16/h4-13H,3H2,1-2H3,(H,21,22). The van der Waals surface area contributed by atoms with Crippen molar-refractivity contribution >= 4 is 22.4 Å². The Kier molecular flexibility index (Phi) is 4.29. The minimum Gasteiger partial charge on any atom is -0.493 e. The lowest BCUT2D eigenvalue weighted by atomic mass is 10.0. The third kappa shape index (κ3) is 3.19. The molecule has 0 radical (unpaired) electrons. The Morgan fingerprint density at radius 2 is 1.74 bits per heavy atom. The Morgan fingerprint density at radius 3 is 2.48 bits per heavy atom. The van der Waals surface area contributed by atoms with Crippen LogP contribution in [0.1, 0.15) is 22.8 Å². The van der Waals surface area contributed by atoms with E-state index in [1.807, 2.05) is 74.5 Å². The third-order valence-corrected chi connectivity index (χ3v) is 3.73. The summed E-state index contributed by atoms with van der Waals surface area (Å²) in [6, 6.07) is 19.4. The van der Waals surface area contributed by atoms with Crippen LogP contribution >= 0.6 is 0 Å². The van der Waals surface area contributed by atoms with Gasteiger partial charge in [0.05, 0.1) is 12.2 Å². The van der Waals surface area contributed by atoms with E-state index < -0.39 is 0 Å². The molecule has 0 heterocycles. The Morgan fingerprint density at radius 1 is 1.00 bits per heavy atom. The summed E-state index contributed by atoms with van der Waals surface area (Å²) in [5.41, 5.74) is 2.50. The summed E-state index contributed by atoms with van der Waals surface area (Å²) < 4.78 is 5.66. The van der Waals surface area contributed by atoms with Crippen LogP contribution in [-0.2, 0) is 0 Å². The number of hydrogen-bond acceptors (Lipinski definition) is 2. The van der Waals surface area contributed by atoms with Crippen LogP contribution in [0.3, 0.4) is 0 Å². The second-order valence-corrected chi connectivity index (χ2v) is 5.41. The Balaban J connectivity index is 2.03. The van der Waals surface area contributed by atoms with Crippen molar-refractivity contribution in [3.63, 3.8) is 0 Å². The predicted molar refractivity (Wildman–Crippen MR) is 94.2 cm³/mol. The number of ether oxygens (including phenoxy) is 1. The van der Waals surface area contributed by atoms with Crippen molar-refractivity contribution in [3.8, 4) is 5.75 Å². The minimum absolute atomic E-state index is 0.158. The molecule has 0 spiro atoms. The number of anilines is 1. The first-order valence-corrected chi connectivity index (χ1v) is 7.71. The number of carbonyl (C=O) groups excluding carboxylic acids is 1. The second-order valence-electron chi connectivity index (χ2n) is 5.41. The zero-order valence-corrected chi connectivity index (χ0v) is 13.3. The zero-order valence-electron chi connectivity index (χ0n) is 13.3. The first kappa shape index (κ1) is 15.1. The highest BCUT2D eigenvalue weighted by atomic mass is 16.5. The summed E-state index contributed by atoms with van der Waals surface area (Å²) in [5, 5.41) is 4.87. The van der Waals surface area contributed by atoms with Gasteiger partial charge in [-0.2, -0.15) is 0 Å². The highest BCUT2D eigenvalue weighted by molar-refractivity contribution is 6.15. The van der Waals surface area contributed by atoms with Gasteiger partial charge in [0.1, 0.15) is 5.75 Å². The van der Waals surface area contributed by atoms with E-state index in [4.69, 9.17) is 4.74 Å². The summed E-state index contributed by atoms with van der Waals surface area (Å²) in [6.45, 7) is 4.45. The maximum atomic E-state index is 12.8. The van der Waals surface area contributed by atoms with Crippen LogP contribution in [-0.4, -0.2) is 12.5 Å². The summed E-state index contributed by atoms with van der Waals surface area (Å²) >= 11 is 0. The van der Waals surface area contributed by atoms with Gasteiger partial charge in [-0.3, -0.25) is 4.79 Å². The van der Waals surface area contributed by atoms with Gasteiger partial charge in [0.25, 0.3) is 5.91 Å². The Bertz CT molecular complexity index is 838. The summed E-state index contributed by atoms with van der Waals surface area (Å²) in [6.07, 6.45) is 0. The molecule has 0 unspecified atom stereocenters. The maximum absolute atomic E-state index is 12.8. The molecule has 116 valence electrons. The molecule has 23 heavy (non-hydrogen) atoms. The van der Waals surface area contributed by atoms with Gasteiger partial charge in [0.2, 0.25) is 0 Å². The van der Waals surface area contributed by atoms with Crippen molar-refractivity contribution < 1.29 is 9.53 Å². The molecule has 0 aromatic heterocycles. The fourth-order valence-corrected chi connectivity index (χ4v) is 2.59. The van der Waals surface area contributed by atoms with Gasteiger partial charge in [-0.1, -0.05) is 48.0 Å². The van der Waals surface area contributed by atoms with Crippen LogP contribution in [0.25, 0.3) is 10.8 Å². The van der Waals surface area contributed by atoms with E-state index >= 15 is 0 Å². The van der Waals surface area contributed by atoms with Crippen molar-refractivity contribution in [1.82, 2.24) is 0 Å². The molecule has 3 aromatic rings. The molecule has 0 saturated carbocycles. The number of amides is 1. The van der Waals surface area contributed by atoms with E-state index in [-0.39, 0.29) is 5.91 Å². The van der Waals surface area contributed by atoms with E-state index in [2.05, 4.69) is 5.32 Å². The fraction of sp³-hybridized carbons (Fsp3) is 0.150. The molecule has 3 nitrogen and oxygen atoms in total.